The summed E-state index contributed by atoms with van der Waals surface area (Å²) in [6.45, 7) is 1.79. The SMILES string of the molecule is COc1ccc2c(c1)c(/C(C)=C/C(=O)O)cn2C. The molecule has 18 heavy (non-hydrogen) atoms. The van der Waals surface area contributed by atoms with E-state index in [0.717, 1.165) is 27.8 Å². The van der Waals surface area contributed by atoms with Crippen LogP contribution in [0.4, 0.5) is 0 Å². The van der Waals surface area contributed by atoms with E-state index < -0.39 is 5.97 Å². The molecule has 1 N–H and O–H groups in total. The number of allylic oxidation sites excluding steroid dienone is 1. The first-order chi connectivity index (χ1) is 8.52. The third-order valence-electron chi connectivity index (χ3n) is 2.96. The third kappa shape index (κ3) is 2.09. The normalized spacial score (nSPS) is 11.8. The van der Waals surface area contributed by atoms with Crippen LogP contribution in [-0.4, -0.2) is 22.8 Å². The van der Waals surface area contributed by atoms with E-state index in [9.17, 15) is 4.79 Å². The van der Waals surface area contributed by atoms with Crippen LogP contribution in [0.2, 0.25) is 0 Å². The zero-order valence-electron chi connectivity index (χ0n) is 10.6. The molecule has 4 heteroatoms. The fraction of sp³-hybridized carbons (Fsp3) is 0.214. The van der Waals surface area contributed by atoms with Gasteiger partial charge in [-0.1, -0.05) is 0 Å². The Hall–Kier alpha value is -2.23. The second-order valence-electron chi connectivity index (χ2n) is 4.20. The van der Waals surface area contributed by atoms with Crippen molar-refractivity contribution in [2.75, 3.05) is 7.11 Å². The number of benzene rings is 1. The van der Waals surface area contributed by atoms with E-state index in [4.69, 9.17) is 9.84 Å². The molecule has 0 unspecified atom stereocenters. The van der Waals surface area contributed by atoms with Crippen molar-refractivity contribution in [1.29, 1.82) is 0 Å². The summed E-state index contributed by atoms with van der Waals surface area (Å²) in [6.07, 6.45) is 3.15. The molecular formula is C14H15NO3. The monoisotopic (exact) mass is 245 g/mol. The summed E-state index contributed by atoms with van der Waals surface area (Å²) in [5, 5.41) is 9.81. The summed E-state index contributed by atoms with van der Waals surface area (Å²) in [6, 6.07) is 5.78. The van der Waals surface area contributed by atoms with Gasteiger partial charge in [0.2, 0.25) is 0 Å². The number of rotatable bonds is 3. The van der Waals surface area contributed by atoms with Crippen LogP contribution < -0.4 is 4.74 Å². The van der Waals surface area contributed by atoms with E-state index in [2.05, 4.69) is 0 Å². The number of methoxy groups -OCH3 is 1. The molecule has 1 aromatic carbocycles. The molecule has 0 saturated heterocycles. The summed E-state index contributed by atoms with van der Waals surface area (Å²) >= 11 is 0. The average Bonchev–Trinajstić information content (AvgIpc) is 2.65. The number of aromatic nitrogens is 1. The van der Waals surface area contributed by atoms with Crippen LogP contribution in [0.25, 0.3) is 16.5 Å². The van der Waals surface area contributed by atoms with Crippen molar-refractivity contribution in [2.24, 2.45) is 7.05 Å². The molecule has 1 heterocycles. The van der Waals surface area contributed by atoms with Gasteiger partial charge in [-0.2, -0.15) is 0 Å². The van der Waals surface area contributed by atoms with Gasteiger partial charge >= 0.3 is 5.97 Å². The van der Waals surface area contributed by atoms with Crippen LogP contribution >= 0.6 is 0 Å². The van der Waals surface area contributed by atoms with Crippen LogP contribution in [0, 0.1) is 0 Å². The van der Waals surface area contributed by atoms with E-state index in [-0.39, 0.29) is 0 Å². The van der Waals surface area contributed by atoms with Gasteiger partial charge in [0.1, 0.15) is 5.75 Å². The Morgan fingerprint density at radius 3 is 2.78 bits per heavy atom. The predicted molar refractivity (Wildman–Crippen MR) is 70.8 cm³/mol. The Kier molecular flexibility index (Phi) is 3.10. The van der Waals surface area contributed by atoms with Gasteiger partial charge in [0.25, 0.3) is 0 Å². The Morgan fingerprint density at radius 2 is 2.17 bits per heavy atom. The molecule has 4 nitrogen and oxygen atoms in total. The number of hydrogen-bond acceptors (Lipinski definition) is 2. The minimum Gasteiger partial charge on any atom is -0.497 e. The van der Waals surface area contributed by atoms with Crippen LogP contribution in [0.15, 0.2) is 30.5 Å². The molecule has 0 aliphatic carbocycles. The molecule has 2 aromatic rings. The Balaban J connectivity index is 2.67. The molecule has 0 aliphatic rings. The summed E-state index contributed by atoms with van der Waals surface area (Å²) in [7, 11) is 3.55. The topological polar surface area (TPSA) is 51.5 Å². The molecule has 0 saturated carbocycles. The van der Waals surface area contributed by atoms with E-state index in [0.29, 0.717) is 0 Å². The Bertz CT molecular complexity index is 638. The van der Waals surface area contributed by atoms with Crippen molar-refractivity contribution in [3.63, 3.8) is 0 Å². The van der Waals surface area contributed by atoms with Gasteiger partial charge in [-0.3, -0.25) is 0 Å². The third-order valence-corrected chi connectivity index (χ3v) is 2.96. The minimum absolute atomic E-state index is 0.723. The summed E-state index contributed by atoms with van der Waals surface area (Å²) < 4.78 is 7.18. The molecular weight excluding hydrogens is 230 g/mol. The fourth-order valence-corrected chi connectivity index (χ4v) is 2.08. The second kappa shape index (κ2) is 4.56. The zero-order valence-corrected chi connectivity index (χ0v) is 10.6. The van der Waals surface area contributed by atoms with E-state index in [1.54, 1.807) is 14.0 Å². The van der Waals surface area contributed by atoms with Crippen molar-refractivity contribution in [2.45, 2.75) is 6.92 Å². The highest BCUT2D eigenvalue weighted by Gasteiger charge is 2.10. The van der Waals surface area contributed by atoms with E-state index in [1.807, 2.05) is 36.0 Å². The molecule has 1 aromatic heterocycles. The molecule has 0 aliphatic heterocycles. The highest BCUT2D eigenvalue weighted by atomic mass is 16.5. The Morgan fingerprint density at radius 1 is 1.44 bits per heavy atom. The first-order valence-corrected chi connectivity index (χ1v) is 5.57. The number of carbonyl (C=O) groups is 1. The Labute approximate surface area is 105 Å². The summed E-state index contributed by atoms with van der Waals surface area (Å²) in [5.41, 5.74) is 2.68. The number of ether oxygens (including phenoxy) is 1. The predicted octanol–water partition coefficient (Wildman–Crippen LogP) is 2.67. The first kappa shape index (κ1) is 12.2. The number of nitrogens with zero attached hydrogens (tertiary/aromatic N) is 1. The highest BCUT2D eigenvalue weighted by Crippen LogP contribution is 2.29. The largest absolute Gasteiger partial charge is 0.497 e. The van der Waals surface area contributed by atoms with Crippen LogP contribution in [-0.2, 0) is 11.8 Å². The second-order valence-corrected chi connectivity index (χ2v) is 4.20. The van der Waals surface area contributed by atoms with E-state index >= 15 is 0 Å². The molecule has 2 rings (SSSR count). The van der Waals surface area contributed by atoms with Gasteiger partial charge in [-0.15, -0.1) is 0 Å². The lowest BCUT2D eigenvalue weighted by Crippen LogP contribution is -1.89. The van der Waals surface area contributed by atoms with Gasteiger partial charge in [-0.25, -0.2) is 4.79 Å². The first-order valence-electron chi connectivity index (χ1n) is 5.57. The van der Waals surface area contributed by atoms with Gasteiger partial charge in [0.15, 0.2) is 0 Å². The lowest BCUT2D eigenvalue weighted by molar-refractivity contribution is -0.131. The fourth-order valence-electron chi connectivity index (χ4n) is 2.08. The van der Waals surface area contributed by atoms with Gasteiger partial charge < -0.3 is 14.4 Å². The lowest BCUT2D eigenvalue weighted by Gasteiger charge is -2.02. The molecule has 0 bridgehead atoms. The maximum atomic E-state index is 10.7. The quantitative estimate of drug-likeness (QED) is 0.846. The number of fused-ring (bicyclic) bond motifs is 1. The number of carboxylic acid groups (broad SMARTS) is 1. The van der Waals surface area contributed by atoms with Crippen molar-refractivity contribution >= 4 is 22.4 Å². The van der Waals surface area contributed by atoms with Gasteiger partial charge in [0, 0.05) is 35.8 Å². The maximum Gasteiger partial charge on any atom is 0.328 e. The van der Waals surface area contributed by atoms with Gasteiger partial charge in [-0.05, 0) is 30.7 Å². The molecule has 0 radical (unpaired) electrons. The minimum atomic E-state index is -0.938. The van der Waals surface area contributed by atoms with E-state index in [1.165, 1.54) is 6.08 Å². The zero-order chi connectivity index (χ0) is 13.3. The smallest absolute Gasteiger partial charge is 0.328 e. The molecule has 0 atom stereocenters. The lowest BCUT2D eigenvalue weighted by atomic mass is 10.1. The molecule has 0 amide bonds. The van der Waals surface area contributed by atoms with Crippen LogP contribution in [0.1, 0.15) is 12.5 Å². The standard InChI is InChI=1S/C14H15NO3/c1-9(6-14(16)17)12-8-15(2)13-5-4-10(18-3)7-11(12)13/h4-8H,1-3H3,(H,16,17)/b9-6+. The van der Waals surface area contributed by atoms with Gasteiger partial charge in [0.05, 0.1) is 7.11 Å². The van der Waals surface area contributed by atoms with Crippen molar-refractivity contribution in [3.05, 3.63) is 36.0 Å². The van der Waals surface area contributed by atoms with Crippen molar-refractivity contribution < 1.29 is 14.6 Å². The summed E-state index contributed by atoms with van der Waals surface area (Å²) in [5.74, 6) is -0.175. The molecule has 0 spiro atoms. The number of carboxylic acids is 1. The molecule has 94 valence electrons. The number of aryl methyl sites for hydroxylation is 1. The average molecular weight is 245 g/mol. The highest BCUT2D eigenvalue weighted by molar-refractivity contribution is 5.98. The summed E-state index contributed by atoms with van der Waals surface area (Å²) in [4.78, 5) is 10.7. The van der Waals surface area contributed by atoms with Crippen molar-refractivity contribution in [1.82, 2.24) is 4.57 Å². The number of hydrogen-bond donors (Lipinski definition) is 1. The van der Waals surface area contributed by atoms with Crippen LogP contribution in [0.3, 0.4) is 0 Å². The van der Waals surface area contributed by atoms with Crippen molar-refractivity contribution in [3.8, 4) is 5.75 Å². The maximum absolute atomic E-state index is 10.7. The number of aliphatic carboxylic acids is 1. The molecule has 0 fully saturated rings. The van der Waals surface area contributed by atoms with Crippen LogP contribution in [0.5, 0.6) is 5.75 Å².